The molecule has 0 unspecified atom stereocenters. The van der Waals surface area contributed by atoms with Gasteiger partial charge in [-0.15, -0.1) is 0 Å². The molecule has 0 fully saturated rings. The van der Waals surface area contributed by atoms with Crippen LogP contribution in [0, 0.1) is 0 Å². The Labute approximate surface area is 140 Å². The number of carboxylic acids is 2. The Kier molecular flexibility index (Phi) is 7.45. The zero-order chi connectivity index (χ0) is 16.9. The minimum atomic E-state index is -1.53. The fourth-order valence-corrected chi connectivity index (χ4v) is 1.36. The molecule has 0 saturated carbocycles. The SMILES string of the molecule is O=C([O-])c1ccc(O)cc1[O-].O=C([O-])c1ccc(O)cc1[O-].[Cu+2]. The third kappa shape index (κ3) is 5.77. The van der Waals surface area contributed by atoms with E-state index in [0.29, 0.717) is 0 Å². The van der Waals surface area contributed by atoms with Gasteiger partial charge in [-0.25, -0.2) is 0 Å². The van der Waals surface area contributed by atoms with Crippen molar-refractivity contribution < 1.29 is 57.3 Å². The molecule has 125 valence electrons. The van der Waals surface area contributed by atoms with Crippen LogP contribution in [0.5, 0.6) is 23.0 Å². The second kappa shape index (κ2) is 8.52. The normalized spacial score (nSPS) is 9.04. The summed E-state index contributed by atoms with van der Waals surface area (Å²) < 4.78 is 0. The number of benzene rings is 2. The van der Waals surface area contributed by atoms with Gasteiger partial charge in [-0.1, -0.05) is 23.6 Å². The minimum Gasteiger partial charge on any atom is -0.872 e. The molecule has 0 atom stereocenters. The van der Waals surface area contributed by atoms with Crippen LogP contribution in [0.25, 0.3) is 0 Å². The summed E-state index contributed by atoms with van der Waals surface area (Å²) >= 11 is 0. The van der Waals surface area contributed by atoms with Crippen LogP contribution in [0.2, 0.25) is 0 Å². The van der Waals surface area contributed by atoms with Crippen molar-refractivity contribution in [3.63, 3.8) is 0 Å². The van der Waals surface area contributed by atoms with Crippen molar-refractivity contribution in [2.45, 2.75) is 0 Å². The Morgan fingerprint density at radius 1 is 0.739 bits per heavy atom. The minimum absolute atomic E-state index is 0. The fraction of sp³-hybridized carbons (Fsp3) is 0. The molecule has 2 aromatic carbocycles. The van der Waals surface area contributed by atoms with Crippen molar-refractivity contribution in [1.82, 2.24) is 0 Å². The summed E-state index contributed by atoms with van der Waals surface area (Å²) in [6.45, 7) is 0. The molecular weight excluding hydrogens is 360 g/mol. The van der Waals surface area contributed by atoms with Crippen LogP contribution in [0.4, 0.5) is 0 Å². The van der Waals surface area contributed by atoms with Gasteiger partial charge in [0.15, 0.2) is 0 Å². The number of aromatic carboxylic acids is 2. The average molecular weight is 368 g/mol. The molecule has 0 aliphatic carbocycles. The zero-order valence-electron chi connectivity index (χ0n) is 11.1. The molecule has 0 saturated heterocycles. The predicted molar refractivity (Wildman–Crippen MR) is 63.8 cm³/mol. The molecule has 0 aromatic heterocycles. The van der Waals surface area contributed by atoms with Gasteiger partial charge in [0, 0.05) is 0 Å². The first-order valence-electron chi connectivity index (χ1n) is 5.65. The molecule has 0 amide bonds. The Bertz CT molecular complexity index is 652. The Morgan fingerprint density at radius 3 is 1.26 bits per heavy atom. The van der Waals surface area contributed by atoms with E-state index in [4.69, 9.17) is 10.2 Å². The zero-order valence-corrected chi connectivity index (χ0v) is 12.1. The number of carboxylic acid groups (broad SMARTS) is 2. The maximum atomic E-state index is 10.7. The monoisotopic (exact) mass is 367 g/mol. The quantitative estimate of drug-likeness (QED) is 0.556. The van der Waals surface area contributed by atoms with Gasteiger partial charge in [0.2, 0.25) is 0 Å². The largest absolute Gasteiger partial charge is 2.00 e. The van der Waals surface area contributed by atoms with Gasteiger partial charge in [0.05, 0.1) is 11.9 Å². The van der Waals surface area contributed by atoms with Crippen molar-refractivity contribution in [3.05, 3.63) is 47.5 Å². The number of rotatable bonds is 2. The molecule has 0 heterocycles. The third-order valence-electron chi connectivity index (χ3n) is 2.37. The van der Waals surface area contributed by atoms with E-state index in [9.17, 15) is 30.0 Å². The molecule has 2 rings (SSSR count). The summed E-state index contributed by atoms with van der Waals surface area (Å²) in [5.74, 6) is -5.06. The molecule has 0 aliphatic rings. The molecule has 8 nitrogen and oxygen atoms in total. The van der Waals surface area contributed by atoms with Crippen molar-refractivity contribution >= 4 is 11.9 Å². The van der Waals surface area contributed by atoms with Gasteiger partial charge in [0.1, 0.15) is 11.5 Å². The molecule has 23 heavy (non-hydrogen) atoms. The standard InChI is InChI=1S/2C7H6O4.Cu/c2*8-4-1-2-5(7(10)11)6(9)3-4;/h2*1-3,8-9H,(H,10,11);/q;;+2/p-4. The summed E-state index contributed by atoms with van der Waals surface area (Å²) in [6.07, 6.45) is 0. The van der Waals surface area contributed by atoms with Crippen LogP contribution in [0.3, 0.4) is 0 Å². The molecule has 2 aromatic rings. The van der Waals surface area contributed by atoms with Gasteiger partial charge in [-0.05, 0) is 35.4 Å². The van der Waals surface area contributed by atoms with Gasteiger partial charge in [-0.2, -0.15) is 0 Å². The number of phenols is 2. The molecule has 0 spiro atoms. The molecule has 0 aliphatic heterocycles. The first-order valence-corrected chi connectivity index (χ1v) is 5.65. The van der Waals surface area contributed by atoms with Gasteiger partial charge in [0.25, 0.3) is 0 Å². The van der Waals surface area contributed by atoms with Crippen LogP contribution < -0.4 is 20.4 Å². The first kappa shape index (κ1) is 20.1. The number of hydrogen-bond acceptors (Lipinski definition) is 8. The van der Waals surface area contributed by atoms with Crippen molar-refractivity contribution in [1.29, 1.82) is 0 Å². The topological polar surface area (TPSA) is 167 Å². The number of aromatic hydroxyl groups is 2. The third-order valence-corrected chi connectivity index (χ3v) is 2.37. The van der Waals surface area contributed by atoms with E-state index in [1.54, 1.807) is 0 Å². The van der Waals surface area contributed by atoms with E-state index >= 15 is 0 Å². The van der Waals surface area contributed by atoms with E-state index in [1.165, 1.54) is 0 Å². The second-order valence-corrected chi connectivity index (χ2v) is 3.94. The van der Waals surface area contributed by atoms with Gasteiger partial charge in [-0.3, -0.25) is 0 Å². The van der Waals surface area contributed by atoms with Gasteiger partial charge < -0.3 is 40.2 Å². The number of carbonyl (C=O) groups excluding carboxylic acids is 2. The Morgan fingerprint density at radius 2 is 1.04 bits per heavy atom. The Hall–Kier alpha value is -2.90. The number of hydrogen-bond donors (Lipinski definition) is 2. The van der Waals surface area contributed by atoms with E-state index < -0.39 is 34.6 Å². The predicted octanol–water partition coefficient (Wildman–Crippen LogP) is -2.34. The van der Waals surface area contributed by atoms with Crippen molar-refractivity contribution in [2.75, 3.05) is 0 Å². The average Bonchev–Trinajstić information content (AvgIpc) is 2.38. The summed E-state index contributed by atoms with van der Waals surface area (Å²) in [7, 11) is 0. The summed E-state index contributed by atoms with van der Waals surface area (Å²) in [4.78, 5) is 20.3. The number of carbonyl (C=O) groups is 2. The second-order valence-electron chi connectivity index (χ2n) is 3.94. The van der Waals surface area contributed by atoms with Crippen LogP contribution in [-0.4, -0.2) is 22.2 Å². The molecule has 9 heteroatoms. The van der Waals surface area contributed by atoms with E-state index in [0.717, 1.165) is 36.4 Å². The number of phenolic OH excluding ortho intramolecular Hbond substituents is 2. The molecular formula is C14H8CuO8-2. The maximum absolute atomic E-state index is 10.7. The maximum Gasteiger partial charge on any atom is 2.00 e. The fourth-order valence-electron chi connectivity index (χ4n) is 1.36. The molecule has 2 N–H and O–H groups in total. The summed E-state index contributed by atoms with van der Waals surface area (Å²) in [5, 5.41) is 59.1. The van der Waals surface area contributed by atoms with Crippen LogP contribution in [0.15, 0.2) is 36.4 Å². The molecule has 1 radical (unpaired) electrons. The van der Waals surface area contributed by atoms with E-state index in [2.05, 4.69) is 0 Å². The van der Waals surface area contributed by atoms with Gasteiger partial charge >= 0.3 is 17.1 Å². The van der Waals surface area contributed by atoms with E-state index in [1.807, 2.05) is 0 Å². The van der Waals surface area contributed by atoms with Crippen LogP contribution in [-0.2, 0) is 17.1 Å². The Balaban J connectivity index is 0.000000403. The van der Waals surface area contributed by atoms with Crippen molar-refractivity contribution in [2.24, 2.45) is 0 Å². The van der Waals surface area contributed by atoms with Crippen molar-refractivity contribution in [3.8, 4) is 23.0 Å². The summed E-state index contributed by atoms with van der Waals surface area (Å²) in [6, 6.07) is 5.90. The van der Waals surface area contributed by atoms with Crippen LogP contribution >= 0.6 is 0 Å². The summed E-state index contributed by atoms with van der Waals surface area (Å²) in [5.41, 5.74) is -0.884. The first-order chi connectivity index (χ1) is 10.2. The molecule has 0 bridgehead atoms. The smallest absolute Gasteiger partial charge is 0.872 e. The van der Waals surface area contributed by atoms with E-state index in [-0.39, 0.29) is 28.6 Å². The van der Waals surface area contributed by atoms with Crippen LogP contribution in [0.1, 0.15) is 20.7 Å².